The van der Waals surface area contributed by atoms with E-state index in [2.05, 4.69) is 26.0 Å². The van der Waals surface area contributed by atoms with E-state index in [-0.39, 0.29) is 10.5 Å². The summed E-state index contributed by atoms with van der Waals surface area (Å²) in [7, 11) is -2.41. The molecule has 0 radical (unpaired) electrons. The molecule has 134 valence electrons. The molecule has 0 aliphatic rings. The van der Waals surface area contributed by atoms with Crippen molar-refractivity contribution in [2.45, 2.75) is 18.7 Å². The van der Waals surface area contributed by atoms with Crippen LogP contribution in [0.4, 0.5) is 5.69 Å². The van der Waals surface area contributed by atoms with Gasteiger partial charge in [0.25, 0.3) is 15.9 Å². The van der Waals surface area contributed by atoms with E-state index < -0.39 is 15.9 Å². The Hall–Kier alpha value is -2.06. The maximum absolute atomic E-state index is 12.6. The van der Waals surface area contributed by atoms with Gasteiger partial charge in [-0.3, -0.25) is 9.52 Å². The second-order valence-corrected chi connectivity index (χ2v) is 7.83. The van der Waals surface area contributed by atoms with Crippen molar-refractivity contribution in [3.8, 4) is 5.75 Å². The van der Waals surface area contributed by atoms with Crippen molar-refractivity contribution < 1.29 is 17.9 Å². The average Bonchev–Trinajstić information content (AvgIpc) is 2.57. The lowest BCUT2D eigenvalue weighted by atomic mass is 10.2. The summed E-state index contributed by atoms with van der Waals surface area (Å²) in [5.41, 5.74) is 1.51. The zero-order valence-corrected chi connectivity index (χ0v) is 16.5. The van der Waals surface area contributed by atoms with E-state index in [0.717, 1.165) is 10.0 Å². The zero-order valence-electron chi connectivity index (χ0n) is 14.1. The van der Waals surface area contributed by atoms with Crippen molar-refractivity contribution in [1.29, 1.82) is 0 Å². The topological polar surface area (TPSA) is 84.5 Å². The largest absolute Gasteiger partial charge is 0.496 e. The first-order chi connectivity index (χ1) is 11.8. The van der Waals surface area contributed by atoms with Crippen molar-refractivity contribution >= 4 is 37.5 Å². The quantitative estimate of drug-likeness (QED) is 0.741. The Labute approximate surface area is 155 Å². The van der Waals surface area contributed by atoms with E-state index >= 15 is 0 Å². The minimum Gasteiger partial charge on any atom is -0.496 e. The van der Waals surface area contributed by atoms with Gasteiger partial charge in [0.1, 0.15) is 5.75 Å². The van der Waals surface area contributed by atoms with Crippen molar-refractivity contribution in [3.63, 3.8) is 0 Å². The number of amides is 1. The molecule has 1 amide bonds. The lowest BCUT2D eigenvalue weighted by Gasteiger charge is -2.13. The molecule has 2 aromatic rings. The smallest absolute Gasteiger partial charge is 0.261 e. The van der Waals surface area contributed by atoms with Crippen LogP contribution in [0.2, 0.25) is 0 Å². The van der Waals surface area contributed by atoms with Crippen LogP contribution in [0.1, 0.15) is 22.8 Å². The Morgan fingerprint density at radius 1 is 1.20 bits per heavy atom. The van der Waals surface area contributed by atoms with Crippen LogP contribution in [0.3, 0.4) is 0 Å². The second kappa shape index (κ2) is 7.88. The number of sulfonamides is 1. The van der Waals surface area contributed by atoms with Crippen LogP contribution >= 0.6 is 15.9 Å². The highest BCUT2D eigenvalue weighted by Crippen LogP contribution is 2.25. The minimum atomic E-state index is -3.84. The van der Waals surface area contributed by atoms with Crippen molar-refractivity contribution in [1.82, 2.24) is 5.32 Å². The molecule has 0 spiro atoms. The van der Waals surface area contributed by atoms with Crippen molar-refractivity contribution in [3.05, 3.63) is 52.0 Å². The zero-order chi connectivity index (χ0) is 18.6. The molecular formula is C17H19BrN2O4S. The van der Waals surface area contributed by atoms with E-state index in [1.165, 1.54) is 25.3 Å². The lowest BCUT2D eigenvalue weighted by Crippen LogP contribution is -2.24. The standard InChI is InChI=1S/C17H19BrN2O4S/c1-4-19-17(21)14-10-13(6-8-16(14)24-3)25(22,23)20-12-5-7-15(18)11(2)9-12/h5-10,20H,4H2,1-3H3,(H,19,21). The van der Waals surface area contributed by atoms with Gasteiger partial charge in [0.2, 0.25) is 0 Å². The fourth-order valence-corrected chi connectivity index (χ4v) is 3.53. The van der Waals surface area contributed by atoms with Gasteiger partial charge in [0.05, 0.1) is 17.6 Å². The Morgan fingerprint density at radius 2 is 1.92 bits per heavy atom. The Balaban J connectivity index is 2.40. The monoisotopic (exact) mass is 426 g/mol. The minimum absolute atomic E-state index is 0.0184. The van der Waals surface area contributed by atoms with E-state index in [0.29, 0.717) is 18.0 Å². The highest BCUT2D eigenvalue weighted by molar-refractivity contribution is 9.10. The molecule has 6 nitrogen and oxygen atoms in total. The number of methoxy groups -OCH3 is 1. The molecule has 0 unspecified atom stereocenters. The van der Waals surface area contributed by atoms with Crippen LogP contribution < -0.4 is 14.8 Å². The molecule has 8 heteroatoms. The highest BCUT2D eigenvalue weighted by atomic mass is 79.9. The van der Waals surface area contributed by atoms with Gasteiger partial charge < -0.3 is 10.1 Å². The number of nitrogens with one attached hydrogen (secondary N) is 2. The third kappa shape index (κ3) is 4.52. The van der Waals surface area contributed by atoms with Gasteiger partial charge in [-0.15, -0.1) is 0 Å². The molecule has 0 bridgehead atoms. The summed E-state index contributed by atoms with van der Waals surface area (Å²) >= 11 is 3.37. The molecule has 0 aromatic heterocycles. The number of hydrogen-bond acceptors (Lipinski definition) is 4. The van der Waals surface area contributed by atoms with E-state index in [1.54, 1.807) is 25.1 Å². The summed E-state index contributed by atoms with van der Waals surface area (Å²) in [5.74, 6) is -0.0831. The third-order valence-electron chi connectivity index (χ3n) is 3.47. The molecule has 2 N–H and O–H groups in total. The summed E-state index contributed by atoms with van der Waals surface area (Å²) in [5, 5.41) is 2.64. The van der Waals surface area contributed by atoms with Crippen LogP contribution in [0.15, 0.2) is 45.8 Å². The molecule has 0 aliphatic carbocycles. The molecule has 0 atom stereocenters. The first kappa shape index (κ1) is 19.3. The number of benzene rings is 2. The SMILES string of the molecule is CCNC(=O)c1cc(S(=O)(=O)Nc2ccc(Br)c(C)c2)ccc1OC. The van der Waals surface area contributed by atoms with Crippen molar-refractivity contribution in [2.75, 3.05) is 18.4 Å². The van der Waals surface area contributed by atoms with Gasteiger partial charge in [0, 0.05) is 16.7 Å². The van der Waals surface area contributed by atoms with Gasteiger partial charge in [-0.1, -0.05) is 15.9 Å². The number of carbonyl (C=O) groups is 1. The van der Waals surface area contributed by atoms with Crippen LogP contribution in [0.5, 0.6) is 5.75 Å². The van der Waals surface area contributed by atoms with E-state index in [4.69, 9.17) is 4.74 Å². The Morgan fingerprint density at radius 3 is 2.52 bits per heavy atom. The van der Waals surface area contributed by atoms with Gasteiger partial charge in [-0.2, -0.15) is 0 Å². The number of aryl methyl sites for hydroxylation is 1. The van der Waals surface area contributed by atoms with Crippen LogP contribution in [0.25, 0.3) is 0 Å². The van der Waals surface area contributed by atoms with Gasteiger partial charge in [-0.25, -0.2) is 8.42 Å². The summed E-state index contributed by atoms with van der Waals surface area (Å²) in [6.45, 7) is 4.07. The number of hydrogen-bond donors (Lipinski definition) is 2. The fraction of sp³-hybridized carbons (Fsp3) is 0.235. The molecule has 0 heterocycles. The summed E-state index contributed by atoms with van der Waals surface area (Å²) < 4.78 is 33.8. The fourth-order valence-electron chi connectivity index (χ4n) is 2.21. The number of halogens is 1. The number of rotatable bonds is 6. The van der Waals surface area contributed by atoms with E-state index in [1.807, 2.05) is 6.92 Å². The maximum Gasteiger partial charge on any atom is 0.261 e. The highest BCUT2D eigenvalue weighted by Gasteiger charge is 2.20. The molecule has 0 saturated carbocycles. The first-order valence-corrected chi connectivity index (χ1v) is 9.81. The van der Waals surface area contributed by atoms with Gasteiger partial charge in [-0.05, 0) is 55.8 Å². The van der Waals surface area contributed by atoms with Crippen LogP contribution in [0, 0.1) is 6.92 Å². The average molecular weight is 427 g/mol. The van der Waals surface area contributed by atoms with E-state index in [9.17, 15) is 13.2 Å². The summed E-state index contributed by atoms with van der Waals surface area (Å²) in [6, 6.07) is 9.31. The molecule has 0 saturated heterocycles. The first-order valence-electron chi connectivity index (χ1n) is 7.53. The normalized spacial score (nSPS) is 11.0. The molecule has 2 rings (SSSR count). The molecule has 0 fully saturated rings. The van der Waals surface area contributed by atoms with Gasteiger partial charge in [0.15, 0.2) is 0 Å². The number of carbonyl (C=O) groups excluding carboxylic acids is 1. The lowest BCUT2D eigenvalue weighted by molar-refractivity contribution is 0.0952. The summed E-state index contributed by atoms with van der Waals surface area (Å²) in [6.07, 6.45) is 0. The predicted molar refractivity (Wildman–Crippen MR) is 101 cm³/mol. The molecular weight excluding hydrogens is 408 g/mol. The molecule has 2 aromatic carbocycles. The van der Waals surface area contributed by atoms with Gasteiger partial charge >= 0.3 is 0 Å². The predicted octanol–water partition coefficient (Wildman–Crippen LogP) is 3.32. The number of anilines is 1. The van der Waals surface area contributed by atoms with Crippen LogP contribution in [-0.4, -0.2) is 28.0 Å². The maximum atomic E-state index is 12.6. The van der Waals surface area contributed by atoms with Crippen molar-refractivity contribution in [2.24, 2.45) is 0 Å². The summed E-state index contributed by atoms with van der Waals surface area (Å²) in [4.78, 5) is 12.1. The van der Waals surface area contributed by atoms with Crippen LogP contribution in [-0.2, 0) is 10.0 Å². The second-order valence-electron chi connectivity index (χ2n) is 5.29. The molecule has 25 heavy (non-hydrogen) atoms. The Bertz CT molecular complexity index is 898. The number of ether oxygens (including phenoxy) is 1. The third-order valence-corrected chi connectivity index (χ3v) is 5.74. The molecule has 0 aliphatic heterocycles. The Kier molecular flexibility index (Phi) is 6.07.